The number of esters is 1. The topological polar surface area (TPSA) is 118 Å². The molecule has 0 spiro atoms. The van der Waals surface area contributed by atoms with Gasteiger partial charge in [0.1, 0.15) is 11.6 Å². The van der Waals surface area contributed by atoms with Crippen molar-refractivity contribution in [1.29, 1.82) is 5.41 Å². The standard InChI is InChI=1S/C26H23Cl2N3O5/c1-3-35-25(33)14-36-23-11-19(28)10-21(26(34)31-24-9-8-18(27)13-30-24)20(23)12-22(32)17-6-4-16(5-7-17)15(2)29/h4-11,13,29H,3,12,14H2,1-2H3,(H,30,31,34). The van der Waals surface area contributed by atoms with Crippen LogP contribution in [0.2, 0.25) is 10.0 Å². The van der Waals surface area contributed by atoms with Gasteiger partial charge in [-0.25, -0.2) is 9.78 Å². The number of hydrogen-bond acceptors (Lipinski definition) is 7. The summed E-state index contributed by atoms with van der Waals surface area (Å²) in [5, 5.41) is 10.9. The van der Waals surface area contributed by atoms with Crippen LogP contribution in [0.1, 0.15) is 45.7 Å². The summed E-state index contributed by atoms with van der Waals surface area (Å²) in [6.07, 6.45) is 1.17. The Morgan fingerprint density at radius 1 is 1.00 bits per heavy atom. The molecule has 0 radical (unpaired) electrons. The summed E-state index contributed by atoms with van der Waals surface area (Å²) in [4.78, 5) is 42.3. The van der Waals surface area contributed by atoms with E-state index in [-0.39, 0.29) is 46.5 Å². The Balaban J connectivity index is 1.97. The molecular weight excluding hydrogens is 505 g/mol. The van der Waals surface area contributed by atoms with Crippen molar-refractivity contribution in [2.45, 2.75) is 20.3 Å². The number of carbonyl (C=O) groups excluding carboxylic acids is 3. The number of ketones is 1. The number of nitrogens with zero attached hydrogens (tertiary/aromatic N) is 1. The number of amides is 1. The second kappa shape index (κ2) is 12.3. The molecule has 0 atom stereocenters. The van der Waals surface area contributed by atoms with Crippen LogP contribution >= 0.6 is 23.2 Å². The molecule has 0 aliphatic rings. The Bertz CT molecular complexity index is 1290. The van der Waals surface area contributed by atoms with Crippen molar-refractivity contribution in [2.24, 2.45) is 0 Å². The summed E-state index contributed by atoms with van der Waals surface area (Å²) in [6, 6.07) is 12.5. The molecule has 3 rings (SSSR count). The molecule has 1 aromatic heterocycles. The van der Waals surface area contributed by atoms with Crippen molar-refractivity contribution < 1.29 is 23.9 Å². The van der Waals surface area contributed by atoms with Gasteiger partial charge >= 0.3 is 5.97 Å². The van der Waals surface area contributed by atoms with E-state index in [0.29, 0.717) is 21.9 Å². The Kier molecular flexibility index (Phi) is 9.16. The molecule has 2 N–H and O–H groups in total. The van der Waals surface area contributed by atoms with Crippen LogP contribution in [0.3, 0.4) is 0 Å². The second-order valence-electron chi connectivity index (χ2n) is 7.64. The Labute approximate surface area is 218 Å². The lowest BCUT2D eigenvalue weighted by atomic mass is 9.96. The van der Waals surface area contributed by atoms with E-state index in [0.717, 1.165) is 0 Å². The van der Waals surface area contributed by atoms with Crippen LogP contribution in [0, 0.1) is 5.41 Å². The maximum Gasteiger partial charge on any atom is 0.344 e. The minimum atomic E-state index is -0.608. The maximum atomic E-state index is 13.2. The van der Waals surface area contributed by atoms with E-state index in [1.165, 1.54) is 24.4 Å². The van der Waals surface area contributed by atoms with Crippen molar-refractivity contribution in [2.75, 3.05) is 18.5 Å². The molecular formula is C26H23Cl2N3O5. The summed E-state index contributed by atoms with van der Waals surface area (Å²) in [6.45, 7) is 3.07. The highest BCUT2D eigenvalue weighted by atomic mass is 35.5. The third-order valence-electron chi connectivity index (χ3n) is 5.02. The van der Waals surface area contributed by atoms with E-state index < -0.39 is 18.5 Å². The molecule has 36 heavy (non-hydrogen) atoms. The molecule has 0 bridgehead atoms. The van der Waals surface area contributed by atoms with Gasteiger partial charge < -0.3 is 20.2 Å². The molecule has 2 aromatic carbocycles. The molecule has 0 fully saturated rings. The lowest BCUT2D eigenvalue weighted by Crippen LogP contribution is -2.20. The zero-order valence-corrected chi connectivity index (χ0v) is 21.1. The Morgan fingerprint density at radius 3 is 2.31 bits per heavy atom. The molecule has 0 aliphatic heterocycles. The summed E-state index contributed by atoms with van der Waals surface area (Å²) in [5.41, 5.74) is 1.77. The number of anilines is 1. The highest BCUT2D eigenvalue weighted by molar-refractivity contribution is 6.31. The number of hydrogen-bond donors (Lipinski definition) is 2. The number of carbonyl (C=O) groups is 3. The fourth-order valence-corrected chi connectivity index (χ4v) is 3.59. The molecule has 8 nitrogen and oxygen atoms in total. The average Bonchev–Trinajstić information content (AvgIpc) is 2.85. The van der Waals surface area contributed by atoms with Gasteiger partial charge in [-0.15, -0.1) is 0 Å². The van der Waals surface area contributed by atoms with E-state index in [1.807, 2.05) is 0 Å². The van der Waals surface area contributed by atoms with Gasteiger partial charge in [0.2, 0.25) is 0 Å². The lowest BCUT2D eigenvalue weighted by Gasteiger charge is -2.16. The largest absolute Gasteiger partial charge is 0.482 e. The molecule has 0 saturated carbocycles. The summed E-state index contributed by atoms with van der Waals surface area (Å²) in [7, 11) is 0. The smallest absolute Gasteiger partial charge is 0.344 e. The van der Waals surface area contributed by atoms with Gasteiger partial charge in [-0.2, -0.15) is 0 Å². The zero-order valence-electron chi connectivity index (χ0n) is 19.6. The van der Waals surface area contributed by atoms with E-state index >= 15 is 0 Å². The van der Waals surface area contributed by atoms with Gasteiger partial charge in [0.25, 0.3) is 5.91 Å². The lowest BCUT2D eigenvalue weighted by molar-refractivity contribution is -0.145. The third-order valence-corrected chi connectivity index (χ3v) is 5.46. The Morgan fingerprint density at radius 2 is 1.69 bits per heavy atom. The Hall–Kier alpha value is -3.75. The molecule has 0 saturated heterocycles. The first-order chi connectivity index (χ1) is 17.2. The SMILES string of the molecule is CCOC(=O)COc1cc(Cl)cc(C(=O)Nc2ccc(Cl)cn2)c1CC(=O)c1ccc(C(C)=N)cc1. The van der Waals surface area contributed by atoms with Crippen molar-refractivity contribution >= 4 is 52.4 Å². The molecule has 0 aliphatic carbocycles. The molecule has 1 amide bonds. The minimum Gasteiger partial charge on any atom is -0.482 e. The van der Waals surface area contributed by atoms with Gasteiger partial charge in [-0.3, -0.25) is 9.59 Å². The van der Waals surface area contributed by atoms with Crippen LogP contribution in [0.5, 0.6) is 5.75 Å². The van der Waals surface area contributed by atoms with Gasteiger partial charge in [0.15, 0.2) is 12.4 Å². The van der Waals surface area contributed by atoms with Crippen LogP contribution in [0.4, 0.5) is 5.82 Å². The maximum absolute atomic E-state index is 13.2. The fourth-order valence-electron chi connectivity index (χ4n) is 3.27. The van der Waals surface area contributed by atoms with Crippen molar-refractivity contribution in [3.8, 4) is 5.75 Å². The zero-order chi connectivity index (χ0) is 26.2. The number of aromatic nitrogens is 1. The third kappa shape index (κ3) is 7.13. The first kappa shape index (κ1) is 26.8. The van der Waals surface area contributed by atoms with Gasteiger partial charge in [0, 0.05) is 40.0 Å². The molecule has 0 unspecified atom stereocenters. The first-order valence-corrected chi connectivity index (χ1v) is 11.7. The molecule has 1 heterocycles. The number of Topliss-reactive ketones (excluding diaryl/α,β-unsaturated/α-hetero) is 1. The van der Waals surface area contributed by atoms with Crippen LogP contribution in [-0.4, -0.2) is 41.6 Å². The van der Waals surface area contributed by atoms with E-state index in [4.69, 9.17) is 38.1 Å². The highest BCUT2D eigenvalue weighted by Crippen LogP contribution is 2.30. The molecule has 10 heteroatoms. The number of halogens is 2. The normalized spacial score (nSPS) is 10.4. The number of rotatable bonds is 10. The molecule has 3 aromatic rings. The van der Waals surface area contributed by atoms with Crippen molar-refractivity contribution in [1.82, 2.24) is 4.98 Å². The molecule has 186 valence electrons. The van der Waals surface area contributed by atoms with Gasteiger partial charge in [-0.05, 0) is 43.7 Å². The van der Waals surface area contributed by atoms with Crippen LogP contribution in [0.25, 0.3) is 0 Å². The predicted octanol–water partition coefficient (Wildman–Crippen LogP) is 5.40. The minimum absolute atomic E-state index is 0.0819. The first-order valence-electron chi connectivity index (χ1n) is 10.9. The number of pyridine rings is 1. The van der Waals surface area contributed by atoms with Gasteiger partial charge in [-0.1, -0.05) is 47.5 Å². The van der Waals surface area contributed by atoms with Crippen molar-refractivity contribution in [3.63, 3.8) is 0 Å². The summed E-state index contributed by atoms with van der Waals surface area (Å²) < 4.78 is 10.5. The van der Waals surface area contributed by atoms with E-state index in [1.54, 1.807) is 44.2 Å². The van der Waals surface area contributed by atoms with Crippen LogP contribution in [-0.2, 0) is 16.0 Å². The quantitative estimate of drug-likeness (QED) is 0.207. The summed E-state index contributed by atoms with van der Waals surface area (Å²) >= 11 is 12.1. The number of benzene rings is 2. The average molecular weight is 528 g/mol. The predicted molar refractivity (Wildman–Crippen MR) is 138 cm³/mol. The van der Waals surface area contributed by atoms with E-state index in [9.17, 15) is 14.4 Å². The number of ether oxygens (including phenoxy) is 2. The monoisotopic (exact) mass is 527 g/mol. The summed E-state index contributed by atoms with van der Waals surface area (Å²) in [5.74, 6) is -1.14. The second-order valence-corrected chi connectivity index (χ2v) is 8.51. The fraction of sp³-hybridized carbons (Fsp3) is 0.192. The van der Waals surface area contributed by atoms with Crippen LogP contribution < -0.4 is 10.1 Å². The number of nitrogens with one attached hydrogen (secondary N) is 2. The van der Waals surface area contributed by atoms with Gasteiger partial charge in [0.05, 0.1) is 11.6 Å². The van der Waals surface area contributed by atoms with Crippen LogP contribution in [0.15, 0.2) is 54.7 Å². The van der Waals surface area contributed by atoms with Crippen molar-refractivity contribution in [3.05, 3.63) is 87.0 Å². The highest BCUT2D eigenvalue weighted by Gasteiger charge is 2.22. The van der Waals surface area contributed by atoms with E-state index in [2.05, 4.69) is 10.3 Å².